The van der Waals surface area contributed by atoms with Gasteiger partial charge < -0.3 is 10.4 Å². The summed E-state index contributed by atoms with van der Waals surface area (Å²) in [5.41, 5.74) is 1.01. The van der Waals surface area contributed by atoms with E-state index in [1.165, 1.54) is 6.07 Å². The Bertz CT molecular complexity index is 521. The lowest BCUT2D eigenvalue weighted by Gasteiger charge is -2.37. The minimum absolute atomic E-state index is 0.181. The van der Waals surface area contributed by atoms with Crippen molar-refractivity contribution in [2.24, 2.45) is 5.92 Å². The summed E-state index contributed by atoms with van der Waals surface area (Å²) in [4.78, 5) is 14.2. The summed E-state index contributed by atoms with van der Waals surface area (Å²) in [6.07, 6.45) is 0.476. The van der Waals surface area contributed by atoms with Crippen molar-refractivity contribution in [2.45, 2.75) is 39.3 Å². The molecule has 0 aliphatic carbocycles. The van der Waals surface area contributed by atoms with E-state index in [9.17, 15) is 14.3 Å². The molecule has 0 saturated carbocycles. The average molecular weight is 294 g/mol. The number of amides is 1. The Morgan fingerprint density at radius 1 is 1.52 bits per heavy atom. The molecular formula is C16H23FN2O2. The molecular weight excluding hydrogens is 271 g/mol. The molecule has 4 nitrogen and oxygen atoms in total. The maximum absolute atomic E-state index is 13.5. The topological polar surface area (TPSA) is 52.6 Å². The first kappa shape index (κ1) is 15.9. The first-order valence-corrected chi connectivity index (χ1v) is 7.37. The van der Waals surface area contributed by atoms with Crippen LogP contribution < -0.4 is 5.32 Å². The number of piperidine rings is 1. The van der Waals surface area contributed by atoms with E-state index in [-0.39, 0.29) is 23.7 Å². The Balaban J connectivity index is 1.97. The quantitative estimate of drug-likeness (QED) is 0.898. The number of β-amino-alcohol motifs (C(OH)–C–C–N with tert-alkyl or cyclic N) is 1. The first-order chi connectivity index (χ1) is 9.88. The van der Waals surface area contributed by atoms with Crippen molar-refractivity contribution < 1.29 is 14.3 Å². The van der Waals surface area contributed by atoms with E-state index in [2.05, 4.69) is 5.32 Å². The molecule has 1 aromatic carbocycles. The monoisotopic (exact) mass is 294 g/mol. The van der Waals surface area contributed by atoms with Crippen LogP contribution in [0.3, 0.4) is 0 Å². The van der Waals surface area contributed by atoms with Crippen LogP contribution in [0.25, 0.3) is 0 Å². The third kappa shape index (κ3) is 3.80. The molecule has 1 aromatic rings. The van der Waals surface area contributed by atoms with Gasteiger partial charge in [0.25, 0.3) is 0 Å². The maximum atomic E-state index is 13.5. The largest absolute Gasteiger partial charge is 0.392 e. The standard InChI is InChI=1S/C16H23FN2O2/c1-10-4-5-13(8-14(10)17)18-16(21)12(3)19-7-6-11(2)15(20)9-19/h4-5,8,11-12,15,20H,6-7,9H2,1-3H3,(H,18,21). The number of halogens is 1. The number of hydrogen-bond donors (Lipinski definition) is 2. The minimum atomic E-state index is -0.397. The van der Waals surface area contributed by atoms with Crippen molar-refractivity contribution in [1.82, 2.24) is 4.90 Å². The summed E-state index contributed by atoms with van der Waals surface area (Å²) >= 11 is 0. The molecule has 0 spiro atoms. The van der Waals surface area contributed by atoms with Gasteiger partial charge >= 0.3 is 0 Å². The van der Waals surface area contributed by atoms with E-state index in [0.717, 1.165) is 13.0 Å². The van der Waals surface area contributed by atoms with Gasteiger partial charge in [-0.25, -0.2) is 4.39 Å². The summed E-state index contributed by atoms with van der Waals surface area (Å²) in [5, 5.41) is 12.6. The van der Waals surface area contributed by atoms with Gasteiger partial charge in [0.05, 0.1) is 12.1 Å². The molecule has 21 heavy (non-hydrogen) atoms. The fourth-order valence-corrected chi connectivity index (χ4v) is 2.51. The number of carbonyl (C=O) groups is 1. The Morgan fingerprint density at radius 3 is 2.86 bits per heavy atom. The molecule has 1 aliphatic rings. The van der Waals surface area contributed by atoms with E-state index < -0.39 is 6.10 Å². The second-order valence-corrected chi connectivity index (χ2v) is 5.96. The van der Waals surface area contributed by atoms with Crippen molar-refractivity contribution >= 4 is 11.6 Å². The fraction of sp³-hybridized carbons (Fsp3) is 0.562. The second kappa shape index (κ2) is 6.54. The molecule has 116 valence electrons. The number of carbonyl (C=O) groups excluding carboxylic acids is 1. The lowest BCUT2D eigenvalue weighted by atomic mass is 9.95. The molecule has 1 saturated heterocycles. The van der Waals surface area contributed by atoms with Gasteiger partial charge in [-0.2, -0.15) is 0 Å². The van der Waals surface area contributed by atoms with E-state index in [1.54, 1.807) is 19.1 Å². The number of aliphatic hydroxyl groups excluding tert-OH is 1. The molecule has 1 fully saturated rings. The molecule has 3 atom stereocenters. The molecule has 0 radical (unpaired) electrons. The number of nitrogens with zero attached hydrogens (tertiary/aromatic N) is 1. The van der Waals surface area contributed by atoms with Gasteiger partial charge in [-0.15, -0.1) is 0 Å². The van der Waals surface area contributed by atoms with Crippen molar-refractivity contribution in [2.75, 3.05) is 18.4 Å². The normalized spacial score (nSPS) is 24.6. The average Bonchev–Trinajstić information content (AvgIpc) is 2.45. The van der Waals surface area contributed by atoms with Crippen LogP contribution in [0.2, 0.25) is 0 Å². The molecule has 1 amide bonds. The smallest absolute Gasteiger partial charge is 0.241 e. The Morgan fingerprint density at radius 2 is 2.24 bits per heavy atom. The highest BCUT2D eigenvalue weighted by molar-refractivity contribution is 5.94. The third-order valence-electron chi connectivity index (χ3n) is 4.32. The van der Waals surface area contributed by atoms with Gasteiger partial charge in [-0.1, -0.05) is 13.0 Å². The van der Waals surface area contributed by atoms with Crippen LogP contribution in [0.1, 0.15) is 25.8 Å². The van der Waals surface area contributed by atoms with Crippen LogP contribution >= 0.6 is 0 Å². The van der Waals surface area contributed by atoms with E-state index in [4.69, 9.17) is 0 Å². The molecule has 2 rings (SSSR count). The molecule has 0 bridgehead atoms. The van der Waals surface area contributed by atoms with Gasteiger partial charge in [0.2, 0.25) is 5.91 Å². The van der Waals surface area contributed by atoms with E-state index in [1.807, 2.05) is 18.7 Å². The Kier molecular flexibility index (Phi) is 4.96. The van der Waals surface area contributed by atoms with Crippen LogP contribution in [0.15, 0.2) is 18.2 Å². The van der Waals surface area contributed by atoms with E-state index in [0.29, 0.717) is 17.8 Å². The summed E-state index contributed by atoms with van der Waals surface area (Å²) in [5.74, 6) is -0.245. The summed E-state index contributed by atoms with van der Waals surface area (Å²) in [6.45, 7) is 6.79. The highest BCUT2D eigenvalue weighted by Crippen LogP contribution is 2.20. The molecule has 0 aromatic heterocycles. The molecule has 2 N–H and O–H groups in total. The minimum Gasteiger partial charge on any atom is -0.392 e. The number of rotatable bonds is 3. The second-order valence-electron chi connectivity index (χ2n) is 5.96. The summed E-state index contributed by atoms with van der Waals surface area (Å²) in [6, 6.07) is 4.31. The number of nitrogens with one attached hydrogen (secondary N) is 1. The zero-order valence-corrected chi connectivity index (χ0v) is 12.8. The maximum Gasteiger partial charge on any atom is 0.241 e. The lowest BCUT2D eigenvalue weighted by Crippen LogP contribution is -2.50. The lowest BCUT2D eigenvalue weighted by molar-refractivity contribution is -0.122. The Hall–Kier alpha value is -1.46. The SMILES string of the molecule is Cc1ccc(NC(=O)C(C)N2CCC(C)C(O)C2)cc1F. The van der Waals surface area contributed by atoms with Crippen molar-refractivity contribution in [3.8, 4) is 0 Å². The van der Waals surface area contributed by atoms with Crippen LogP contribution in [-0.2, 0) is 4.79 Å². The van der Waals surface area contributed by atoms with Gasteiger partial charge in [0.15, 0.2) is 0 Å². The number of likely N-dealkylation sites (tertiary alicyclic amines) is 1. The van der Waals surface area contributed by atoms with E-state index >= 15 is 0 Å². The molecule has 3 unspecified atom stereocenters. The zero-order valence-electron chi connectivity index (χ0n) is 12.8. The van der Waals surface area contributed by atoms with Gasteiger partial charge in [0.1, 0.15) is 5.82 Å². The molecule has 1 heterocycles. The number of hydrogen-bond acceptors (Lipinski definition) is 3. The Labute approximate surface area is 125 Å². The number of aryl methyl sites for hydroxylation is 1. The number of anilines is 1. The van der Waals surface area contributed by atoms with Crippen LogP contribution in [0.5, 0.6) is 0 Å². The molecule has 5 heteroatoms. The van der Waals surface area contributed by atoms with Gasteiger partial charge in [0, 0.05) is 12.2 Å². The van der Waals surface area contributed by atoms with Crippen molar-refractivity contribution in [3.05, 3.63) is 29.6 Å². The van der Waals surface area contributed by atoms with Gasteiger partial charge in [-0.3, -0.25) is 9.69 Å². The first-order valence-electron chi connectivity index (χ1n) is 7.37. The van der Waals surface area contributed by atoms with Gasteiger partial charge in [-0.05, 0) is 50.4 Å². The number of aliphatic hydroxyl groups is 1. The van der Waals surface area contributed by atoms with Crippen LogP contribution in [0.4, 0.5) is 10.1 Å². The third-order valence-corrected chi connectivity index (χ3v) is 4.32. The predicted molar refractivity (Wildman–Crippen MR) is 80.6 cm³/mol. The predicted octanol–water partition coefficient (Wildman–Crippen LogP) is 2.16. The highest BCUT2D eigenvalue weighted by Gasteiger charge is 2.30. The zero-order chi connectivity index (χ0) is 15.6. The van der Waals surface area contributed by atoms with Crippen LogP contribution in [-0.4, -0.2) is 41.1 Å². The summed E-state index contributed by atoms with van der Waals surface area (Å²) in [7, 11) is 0. The summed E-state index contributed by atoms with van der Waals surface area (Å²) < 4.78 is 13.5. The highest BCUT2D eigenvalue weighted by atomic mass is 19.1. The number of benzene rings is 1. The van der Waals surface area contributed by atoms with Crippen molar-refractivity contribution in [3.63, 3.8) is 0 Å². The molecule has 1 aliphatic heterocycles. The van der Waals surface area contributed by atoms with Crippen LogP contribution in [0, 0.1) is 18.7 Å². The fourth-order valence-electron chi connectivity index (χ4n) is 2.51. The van der Waals surface area contributed by atoms with Crippen molar-refractivity contribution in [1.29, 1.82) is 0 Å².